The van der Waals surface area contributed by atoms with Crippen LogP contribution in [0.4, 0.5) is 11.5 Å². The zero-order chi connectivity index (χ0) is 24.4. The van der Waals surface area contributed by atoms with Gasteiger partial charge in [0.2, 0.25) is 11.8 Å². The predicted octanol–water partition coefficient (Wildman–Crippen LogP) is 2.35. The van der Waals surface area contributed by atoms with Crippen molar-refractivity contribution in [3.63, 3.8) is 0 Å². The van der Waals surface area contributed by atoms with E-state index in [4.69, 9.17) is 4.42 Å². The Morgan fingerprint density at radius 3 is 2.80 bits per heavy atom. The lowest BCUT2D eigenvalue weighted by Gasteiger charge is -2.30. The van der Waals surface area contributed by atoms with Gasteiger partial charge in [0.1, 0.15) is 17.6 Å². The molecule has 0 bridgehead atoms. The standard InChI is InChI=1S/C23H21N7O4S/c1-13-9-18(29-28-13)26-20(32)12-35-23-25-16-7-3-2-6-15(16)21-27-22(33)17(30(21)23)10-19(31)24-11-14-5-4-8-34-14/h2-9,17H,10-12H2,1H3,(H,24,31)(H2,26,28,29,32). The molecule has 5 rings (SSSR count). The van der Waals surface area contributed by atoms with Crippen LogP contribution < -0.4 is 10.6 Å². The van der Waals surface area contributed by atoms with Crippen LogP contribution >= 0.6 is 11.8 Å². The van der Waals surface area contributed by atoms with Crippen LogP contribution in [0.1, 0.15) is 23.4 Å². The molecule has 0 fully saturated rings. The topological polar surface area (TPSA) is 145 Å². The number of nitrogens with zero attached hydrogens (tertiary/aromatic N) is 4. The number of nitrogens with one attached hydrogen (secondary N) is 3. The molecule has 1 atom stereocenters. The molecule has 0 radical (unpaired) electrons. The van der Waals surface area contributed by atoms with Gasteiger partial charge >= 0.3 is 0 Å². The SMILES string of the molecule is Cc1cc(NC(=O)CSC2=Nc3ccccc3C3=NC(=O)C(CC(=O)NCc4ccco4)N23)n[nH]1. The molecular weight excluding hydrogens is 470 g/mol. The number of para-hydroxylation sites is 1. The zero-order valence-corrected chi connectivity index (χ0v) is 19.5. The summed E-state index contributed by atoms with van der Waals surface area (Å²) < 4.78 is 5.23. The van der Waals surface area contributed by atoms with E-state index in [0.717, 1.165) is 17.5 Å². The van der Waals surface area contributed by atoms with Crippen molar-refractivity contribution < 1.29 is 18.8 Å². The smallest absolute Gasteiger partial charge is 0.271 e. The molecule has 11 nitrogen and oxygen atoms in total. The fourth-order valence-electron chi connectivity index (χ4n) is 3.74. The second kappa shape index (κ2) is 9.58. The minimum Gasteiger partial charge on any atom is -0.467 e. The van der Waals surface area contributed by atoms with E-state index in [0.29, 0.717) is 33.8 Å². The highest BCUT2D eigenvalue weighted by atomic mass is 32.2. The summed E-state index contributed by atoms with van der Waals surface area (Å²) >= 11 is 1.16. The van der Waals surface area contributed by atoms with Crippen molar-refractivity contribution in [3.8, 4) is 0 Å². The van der Waals surface area contributed by atoms with Gasteiger partial charge < -0.3 is 15.1 Å². The van der Waals surface area contributed by atoms with Crippen molar-refractivity contribution in [3.05, 3.63) is 65.7 Å². The number of H-pyrrole nitrogens is 1. The summed E-state index contributed by atoms with van der Waals surface area (Å²) in [5.74, 6) is 0.447. The lowest BCUT2D eigenvalue weighted by Crippen LogP contribution is -2.46. The number of amides is 3. The highest BCUT2D eigenvalue weighted by molar-refractivity contribution is 8.14. The number of anilines is 1. The highest BCUT2D eigenvalue weighted by Crippen LogP contribution is 2.34. The molecule has 2 aliphatic heterocycles. The Morgan fingerprint density at radius 1 is 1.17 bits per heavy atom. The Hall–Kier alpha value is -4.19. The number of aromatic nitrogens is 2. The molecule has 1 unspecified atom stereocenters. The number of hydrogen-bond donors (Lipinski definition) is 3. The van der Waals surface area contributed by atoms with Gasteiger partial charge in [-0.1, -0.05) is 23.9 Å². The lowest BCUT2D eigenvalue weighted by molar-refractivity contribution is -0.126. The van der Waals surface area contributed by atoms with Crippen molar-refractivity contribution in [1.29, 1.82) is 0 Å². The minimum absolute atomic E-state index is 0.0300. The van der Waals surface area contributed by atoms with Crippen molar-refractivity contribution in [2.24, 2.45) is 9.98 Å². The number of furan rings is 1. The maximum atomic E-state index is 12.9. The van der Waals surface area contributed by atoms with Crippen molar-refractivity contribution >= 4 is 52.0 Å². The van der Waals surface area contributed by atoms with Gasteiger partial charge in [-0.3, -0.25) is 24.4 Å². The van der Waals surface area contributed by atoms with E-state index in [1.165, 1.54) is 6.26 Å². The molecule has 12 heteroatoms. The normalized spacial score (nSPS) is 16.3. The third-order valence-corrected chi connectivity index (χ3v) is 6.29. The Morgan fingerprint density at radius 2 is 2.03 bits per heavy atom. The molecule has 0 saturated carbocycles. The number of aromatic amines is 1. The second-order valence-corrected chi connectivity index (χ2v) is 8.85. The fourth-order valence-corrected chi connectivity index (χ4v) is 4.59. The van der Waals surface area contributed by atoms with Crippen LogP contribution in [0.5, 0.6) is 0 Å². The molecule has 2 aromatic heterocycles. The zero-order valence-electron chi connectivity index (χ0n) is 18.6. The molecule has 178 valence electrons. The summed E-state index contributed by atoms with van der Waals surface area (Å²) in [5, 5.41) is 12.7. The molecule has 3 aromatic rings. The first kappa shape index (κ1) is 22.6. The van der Waals surface area contributed by atoms with Crippen molar-refractivity contribution in [2.45, 2.75) is 25.9 Å². The summed E-state index contributed by atoms with van der Waals surface area (Å²) in [7, 11) is 0. The summed E-state index contributed by atoms with van der Waals surface area (Å²) in [6.45, 7) is 2.05. The molecule has 3 N–H and O–H groups in total. The van der Waals surface area contributed by atoms with E-state index in [9.17, 15) is 14.4 Å². The quantitative estimate of drug-likeness (QED) is 0.460. The molecule has 1 aromatic carbocycles. The van der Waals surface area contributed by atoms with E-state index in [2.05, 4.69) is 30.8 Å². The minimum atomic E-state index is -0.863. The Bertz CT molecular complexity index is 1350. The average molecular weight is 492 g/mol. The fraction of sp³-hybridized carbons (Fsp3) is 0.217. The van der Waals surface area contributed by atoms with Crippen LogP contribution in [0.3, 0.4) is 0 Å². The number of amidine groups is 2. The Labute approximate surface area is 204 Å². The van der Waals surface area contributed by atoms with Crippen LogP contribution in [0.25, 0.3) is 0 Å². The molecule has 0 spiro atoms. The number of hydrogen-bond acceptors (Lipinski definition) is 8. The number of rotatable bonds is 7. The third-order valence-electron chi connectivity index (χ3n) is 5.33. The molecule has 0 aliphatic carbocycles. The Kier molecular flexibility index (Phi) is 6.19. The second-order valence-electron chi connectivity index (χ2n) is 7.90. The predicted molar refractivity (Wildman–Crippen MR) is 130 cm³/mol. The number of carbonyl (C=O) groups is 3. The van der Waals surface area contributed by atoms with E-state index >= 15 is 0 Å². The van der Waals surface area contributed by atoms with Crippen LogP contribution in [0, 0.1) is 6.92 Å². The van der Waals surface area contributed by atoms with Gasteiger partial charge in [0.05, 0.1) is 30.7 Å². The number of carbonyl (C=O) groups excluding carboxylic acids is 3. The maximum absolute atomic E-state index is 12.9. The van der Waals surface area contributed by atoms with Crippen LogP contribution in [0.15, 0.2) is 63.1 Å². The number of thioether (sulfide) groups is 1. The monoisotopic (exact) mass is 491 g/mol. The van der Waals surface area contributed by atoms with E-state index < -0.39 is 11.9 Å². The van der Waals surface area contributed by atoms with Crippen molar-refractivity contribution in [1.82, 2.24) is 20.4 Å². The summed E-state index contributed by atoms with van der Waals surface area (Å²) in [4.78, 5) is 48.6. The third kappa shape index (κ3) is 4.87. The van der Waals surface area contributed by atoms with Crippen LogP contribution in [-0.4, -0.2) is 55.6 Å². The summed E-state index contributed by atoms with van der Waals surface area (Å²) in [6, 6.07) is 11.7. The summed E-state index contributed by atoms with van der Waals surface area (Å²) in [5.41, 5.74) is 2.16. The van der Waals surface area contributed by atoms with E-state index in [-0.39, 0.29) is 30.5 Å². The first-order valence-corrected chi connectivity index (χ1v) is 11.8. The molecule has 35 heavy (non-hydrogen) atoms. The lowest BCUT2D eigenvalue weighted by atomic mass is 10.1. The van der Waals surface area contributed by atoms with Gasteiger partial charge in [-0.15, -0.1) is 0 Å². The molecular formula is C23H21N7O4S. The number of fused-ring (bicyclic) bond motifs is 3. The van der Waals surface area contributed by atoms with E-state index in [1.54, 1.807) is 23.1 Å². The molecule has 4 heterocycles. The van der Waals surface area contributed by atoms with Gasteiger partial charge in [0.25, 0.3) is 5.91 Å². The van der Waals surface area contributed by atoms with Gasteiger partial charge in [0.15, 0.2) is 11.0 Å². The first-order chi connectivity index (χ1) is 17.0. The average Bonchev–Trinajstić information content (AvgIpc) is 3.58. The number of aryl methyl sites for hydroxylation is 1. The first-order valence-electron chi connectivity index (χ1n) is 10.8. The van der Waals surface area contributed by atoms with Crippen molar-refractivity contribution in [2.75, 3.05) is 11.1 Å². The van der Waals surface area contributed by atoms with Crippen LogP contribution in [-0.2, 0) is 20.9 Å². The number of aliphatic imine (C=N–C) groups is 2. The molecule has 3 amide bonds. The van der Waals surface area contributed by atoms with Gasteiger partial charge in [-0.25, -0.2) is 4.99 Å². The Balaban J connectivity index is 1.32. The highest BCUT2D eigenvalue weighted by Gasteiger charge is 2.42. The molecule has 0 saturated heterocycles. The maximum Gasteiger partial charge on any atom is 0.271 e. The number of benzene rings is 1. The largest absolute Gasteiger partial charge is 0.467 e. The van der Waals surface area contributed by atoms with Crippen LogP contribution in [0.2, 0.25) is 0 Å². The van der Waals surface area contributed by atoms with Gasteiger partial charge in [0, 0.05) is 17.3 Å². The van der Waals surface area contributed by atoms with Gasteiger partial charge in [-0.2, -0.15) is 10.1 Å². The van der Waals surface area contributed by atoms with E-state index in [1.807, 2.05) is 31.2 Å². The molecule has 2 aliphatic rings. The summed E-state index contributed by atoms with van der Waals surface area (Å²) in [6.07, 6.45) is 1.41. The van der Waals surface area contributed by atoms with Gasteiger partial charge in [-0.05, 0) is 31.2 Å².